The van der Waals surface area contributed by atoms with Crippen LogP contribution >= 0.6 is 11.6 Å². The molecule has 0 saturated carbocycles. The molecule has 5 nitrogen and oxygen atoms in total. The van der Waals surface area contributed by atoms with Crippen molar-refractivity contribution in [2.45, 2.75) is 26.3 Å². The molecule has 1 aromatic carbocycles. The number of nitrogens with two attached hydrogens (primary N) is 1. The minimum atomic E-state index is -0.0966. The smallest absolute Gasteiger partial charge is 0.257 e. The molecule has 0 bridgehead atoms. The van der Waals surface area contributed by atoms with E-state index in [1.54, 1.807) is 10.9 Å². The molecule has 0 aliphatic carbocycles. The van der Waals surface area contributed by atoms with Gasteiger partial charge in [-0.25, -0.2) is 0 Å². The Hall–Kier alpha value is -1.85. The minimum Gasteiger partial charge on any atom is -0.338 e. The van der Waals surface area contributed by atoms with E-state index in [0.29, 0.717) is 29.4 Å². The monoisotopic (exact) mass is 346 g/mol. The Morgan fingerprint density at radius 1 is 1.38 bits per heavy atom. The molecule has 2 aromatic rings. The summed E-state index contributed by atoms with van der Waals surface area (Å²) < 4.78 is 1.66. The van der Waals surface area contributed by atoms with Crippen molar-refractivity contribution >= 4 is 17.5 Å². The summed E-state index contributed by atoms with van der Waals surface area (Å²) >= 11 is 6.30. The van der Waals surface area contributed by atoms with Crippen molar-refractivity contribution < 1.29 is 4.79 Å². The van der Waals surface area contributed by atoms with E-state index in [4.69, 9.17) is 17.3 Å². The second kappa shape index (κ2) is 6.22. The van der Waals surface area contributed by atoms with Crippen LogP contribution in [0, 0.1) is 5.41 Å². The van der Waals surface area contributed by atoms with E-state index in [-0.39, 0.29) is 17.4 Å². The summed E-state index contributed by atoms with van der Waals surface area (Å²) in [5.74, 6) is -0.0157. The highest BCUT2D eigenvalue weighted by Crippen LogP contribution is 2.32. The van der Waals surface area contributed by atoms with Crippen molar-refractivity contribution in [1.82, 2.24) is 14.7 Å². The largest absolute Gasteiger partial charge is 0.338 e. The van der Waals surface area contributed by atoms with Crippen LogP contribution in [-0.2, 0) is 7.05 Å². The number of amides is 1. The number of rotatable bonds is 2. The molecule has 1 amide bonds. The molecule has 1 atom stereocenters. The number of nitrogens with zero attached hydrogens (tertiary/aromatic N) is 3. The maximum Gasteiger partial charge on any atom is 0.257 e. The van der Waals surface area contributed by atoms with Gasteiger partial charge in [0.1, 0.15) is 5.69 Å². The molecule has 3 rings (SSSR count). The predicted molar refractivity (Wildman–Crippen MR) is 95.9 cm³/mol. The van der Waals surface area contributed by atoms with Crippen LogP contribution < -0.4 is 5.73 Å². The van der Waals surface area contributed by atoms with Crippen molar-refractivity contribution in [3.05, 3.63) is 41.0 Å². The van der Waals surface area contributed by atoms with Crippen LogP contribution in [0.15, 0.2) is 30.5 Å². The molecule has 2 heterocycles. The Labute approximate surface area is 147 Å². The molecule has 0 spiro atoms. The Balaban J connectivity index is 1.96. The maximum atomic E-state index is 13.1. The van der Waals surface area contributed by atoms with Crippen LogP contribution in [0.5, 0.6) is 0 Å². The molecule has 1 aliphatic rings. The molecule has 1 unspecified atom stereocenters. The molecular weight excluding hydrogens is 324 g/mol. The Bertz CT molecular complexity index is 768. The molecule has 2 N–H and O–H groups in total. The van der Waals surface area contributed by atoms with Gasteiger partial charge in [0.15, 0.2) is 0 Å². The second-order valence-electron chi connectivity index (χ2n) is 7.16. The van der Waals surface area contributed by atoms with Crippen molar-refractivity contribution in [2.24, 2.45) is 18.2 Å². The van der Waals surface area contributed by atoms with E-state index >= 15 is 0 Å². The lowest BCUT2D eigenvalue weighted by molar-refractivity contribution is 0.0533. The number of halogens is 1. The van der Waals surface area contributed by atoms with Gasteiger partial charge in [-0.15, -0.1) is 0 Å². The van der Waals surface area contributed by atoms with Crippen LogP contribution in [0.3, 0.4) is 0 Å². The van der Waals surface area contributed by atoms with Crippen LogP contribution in [-0.4, -0.2) is 39.7 Å². The fraction of sp³-hybridized carbons (Fsp3) is 0.444. The average molecular weight is 347 g/mol. The summed E-state index contributed by atoms with van der Waals surface area (Å²) in [6.45, 7) is 5.52. The SMILES string of the molecule is Cn1cc(C(=O)N2CCC(N)C(C)(C)C2)c(-c2ccccc2Cl)n1. The number of carbonyl (C=O) groups is 1. The van der Waals surface area contributed by atoms with Gasteiger partial charge < -0.3 is 10.6 Å². The number of carbonyl (C=O) groups excluding carboxylic acids is 1. The molecular formula is C18H23ClN4O. The Kier molecular flexibility index (Phi) is 4.40. The minimum absolute atomic E-state index is 0.0157. The third-order valence-electron chi connectivity index (χ3n) is 4.79. The zero-order valence-electron chi connectivity index (χ0n) is 14.3. The number of aryl methyl sites for hydroxylation is 1. The Morgan fingerprint density at radius 3 is 2.75 bits per heavy atom. The van der Waals surface area contributed by atoms with Crippen molar-refractivity contribution in [3.8, 4) is 11.3 Å². The summed E-state index contributed by atoms with van der Waals surface area (Å²) in [7, 11) is 1.81. The van der Waals surface area contributed by atoms with Gasteiger partial charge in [0.2, 0.25) is 0 Å². The number of benzene rings is 1. The highest BCUT2D eigenvalue weighted by Gasteiger charge is 2.36. The second-order valence-corrected chi connectivity index (χ2v) is 7.56. The zero-order valence-corrected chi connectivity index (χ0v) is 15.0. The molecule has 1 saturated heterocycles. The van der Waals surface area contributed by atoms with Crippen LogP contribution in [0.2, 0.25) is 5.02 Å². The molecule has 128 valence electrons. The number of hydrogen-bond donors (Lipinski definition) is 1. The molecule has 24 heavy (non-hydrogen) atoms. The number of likely N-dealkylation sites (tertiary alicyclic amines) is 1. The first-order valence-corrected chi connectivity index (χ1v) is 8.51. The van der Waals surface area contributed by atoms with E-state index in [1.165, 1.54) is 0 Å². The third kappa shape index (κ3) is 3.06. The first-order chi connectivity index (χ1) is 11.3. The standard InChI is InChI=1S/C18H23ClN4O/c1-18(2)11-23(9-8-15(18)20)17(24)13-10-22(3)21-16(13)12-6-4-5-7-14(12)19/h4-7,10,15H,8-9,11,20H2,1-3H3. The molecule has 6 heteroatoms. The quantitative estimate of drug-likeness (QED) is 0.909. The van der Waals surface area contributed by atoms with Gasteiger partial charge >= 0.3 is 0 Å². The lowest BCUT2D eigenvalue weighted by Crippen LogP contribution is -2.54. The van der Waals surface area contributed by atoms with E-state index < -0.39 is 0 Å². The maximum absolute atomic E-state index is 13.1. The normalized spacial score (nSPS) is 20.2. The third-order valence-corrected chi connectivity index (χ3v) is 5.12. The Morgan fingerprint density at radius 2 is 2.08 bits per heavy atom. The van der Waals surface area contributed by atoms with E-state index in [2.05, 4.69) is 18.9 Å². The van der Waals surface area contributed by atoms with Crippen LogP contribution in [0.25, 0.3) is 11.3 Å². The summed E-state index contributed by atoms with van der Waals surface area (Å²) in [6, 6.07) is 7.57. The van der Waals surface area contributed by atoms with Gasteiger partial charge in [-0.2, -0.15) is 5.10 Å². The van der Waals surface area contributed by atoms with Crippen LogP contribution in [0.4, 0.5) is 0 Å². The van der Waals surface area contributed by atoms with Crippen molar-refractivity contribution in [3.63, 3.8) is 0 Å². The molecule has 1 aromatic heterocycles. The topological polar surface area (TPSA) is 64.2 Å². The zero-order chi connectivity index (χ0) is 17.5. The average Bonchev–Trinajstić information content (AvgIpc) is 2.91. The number of piperidine rings is 1. The fourth-order valence-corrected chi connectivity index (χ4v) is 3.44. The van der Waals surface area contributed by atoms with Crippen LogP contribution in [0.1, 0.15) is 30.6 Å². The summed E-state index contributed by atoms with van der Waals surface area (Å²) in [5, 5.41) is 5.06. The summed E-state index contributed by atoms with van der Waals surface area (Å²) in [6.07, 6.45) is 2.57. The predicted octanol–water partition coefficient (Wildman–Crippen LogP) is 2.94. The van der Waals surface area contributed by atoms with Gasteiger partial charge in [0.25, 0.3) is 5.91 Å². The van der Waals surface area contributed by atoms with E-state index in [1.807, 2.05) is 36.2 Å². The lowest BCUT2D eigenvalue weighted by Gasteiger charge is -2.42. The molecule has 1 fully saturated rings. The number of hydrogen-bond acceptors (Lipinski definition) is 3. The first kappa shape index (κ1) is 17.0. The molecule has 0 radical (unpaired) electrons. The van der Waals surface area contributed by atoms with Gasteiger partial charge in [0, 0.05) is 37.9 Å². The first-order valence-electron chi connectivity index (χ1n) is 8.13. The van der Waals surface area contributed by atoms with Crippen molar-refractivity contribution in [2.75, 3.05) is 13.1 Å². The highest BCUT2D eigenvalue weighted by molar-refractivity contribution is 6.33. The summed E-state index contributed by atoms with van der Waals surface area (Å²) in [5.41, 5.74) is 8.07. The van der Waals surface area contributed by atoms with Gasteiger partial charge in [0.05, 0.1) is 10.6 Å². The highest BCUT2D eigenvalue weighted by atomic mass is 35.5. The van der Waals surface area contributed by atoms with Gasteiger partial charge in [-0.05, 0) is 17.9 Å². The molecule has 1 aliphatic heterocycles. The van der Waals surface area contributed by atoms with E-state index in [0.717, 1.165) is 12.0 Å². The van der Waals surface area contributed by atoms with Gasteiger partial charge in [-0.3, -0.25) is 9.48 Å². The number of aromatic nitrogens is 2. The van der Waals surface area contributed by atoms with Crippen molar-refractivity contribution in [1.29, 1.82) is 0 Å². The summed E-state index contributed by atoms with van der Waals surface area (Å²) in [4.78, 5) is 15.0. The van der Waals surface area contributed by atoms with E-state index in [9.17, 15) is 4.79 Å². The lowest BCUT2D eigenvalue weighted by atomic mass is 9.79. The van der Waals surface area contributed by atoms with Gasteiger partial charge in [-0.1, -0.05) is 43.6 Å². The fourth-order valence-electron chi connectivity index (χ4n) is 3.21.